The molecule has 2 N–H and O–H groups in total. The van der Waals surface area contributed by atoms with Crippen molar-refractivity contribution >= 4 is 35.4 Å². The average Bonchev–Trinajstić information content (AvgIpc) is 3.47. The molecule has 9 heteroatoms. The number of thioether (sulfide) groups is 1. The number of hydrogen-bond acceptors (Lipinski definition) is 5. The summed E-state index contributed by atoms with van der Waals surface area (Å²) in [5.74, 6) is -2.12. The second-order valence-corrected chi connectivity index (χ2v) is 9.27. The van der Waals surface area contributed by atoms with Crippen molar-refractivity contribution in [1.82, 2.24) is 4.90 Å². The highest BCUT2D eigenvalue weighted by atomic mass is 32.2. The molecule has 0 radical (unpaired) electrons. The molecule has 2 aliphatic rings. The first-order valence-corrected chi connectivity index (χ1v) is 12.1. The van der Waals surface area contributed by atoms with Crippen molar-refractivity contribution in [3.63, 3.8) is 0 Å². The fourth-order valence-corrected chi connectivity index (χ4v) is 5.65. The van der Waals surface area contributed by atoms with Crippen LogP contribution >= 0.6 is 11.8 Å². The molecule has 0 saturated carbocycles. The molecule has 178 valence electrons. The fraction of sp³-hybridized carbons (Fsp3) is 0.192. The van der Waals surface area contributed by atoms with Gasteiger partial charge in [0.25, 0.3) is 5.91 Å². The Labute approximate surface area is 204 Å². The third kappa shape index (κ3) is 4.35. The number of nitrogens with zero attached hydrogens (tertiary/aromatic N) is 1. The molecule has 1 aliphatic carbocycles. The van der Waals surface area contributed by atoms with Crippen LogP contribution in [-0.4, -0.2) is 52.3 Å². The van der Waals surface area contributed by atoms with Crippen LogP contribution in [-0.2, 0) is 9.53 Å². The summed E-state index contributed by atoms with van der Waals surface area (Å²) in [5.41, 5.74) is 4.21. The molecule has 1 fully saturated rings. The van der Waals surface area contributed by atoms with Gasteiger partial charge in [0, 0.05) is 17.2 Å². The zero-order valence-corrected chi connectivity index (χ0v) is 19.3. The van der Waals surface area contributed by atoms with Gasteiger partial charge in [0.15, 0.2) is 0 Å². The molecular formula is C26H21FN2O5S. The number of ether oxygens (including phenoxy) is 1. The molecule has 0 aromatic heterocycles. The van der Waals surface area contributed by atoms with E-state index in [2.05, 4.69) is 5.32 Å². The predicted octanol–water partition coefficient (Wildman–Crippen LogP) is 4.79. The van der Waals surface area contributed by atoms with Gasteiger partial charge in [-0.05, 0) is 40.5 Å². The number of nitrogens with one attached hydrogen (secondary N) is 1. The Morgan fingerprint density at radius 3 is 2.31 bits per heavy atom. The third-order valence-corrected chi connectivity index (χ3v) is 7.24. The first-order chi connectivity index (χ1) is 16.9. The summed E-state index contributed by atoms with van der Waals surface area (Å²) in [5, 5.41) is 11.7. The number of rotatable bonds is 5. The summed E-state index contributed by atoms with van der Waals surface area (Å²) < 4.78 is 20.1. The van der Waals surface area contributed by atoms with Gasteiger partial charge in [0.2, 0.25) is 0 Å². The van der Waals surface area contributed by atoms with Crippen molar-refractivity contribution < 1.29 is 28.6 Å². The van der Waals surface area contributed by atoms with Crippen molar-refractivity contribution in [2.24, 2.45) is 0 Å². The Morgan fingerprint density at radius 2 is 1.69 bits per heavy atom. The zero-order valence-electron chi connectivity index (χ0n) is 18.4. The minimum atomic E-state index is -1.10. The fourth-order valence-electron chi connectivity index (χ4n) is 4.51. The quantitative estimate of drug-likeness (QED) is 0.532. The molecule has 2 amide bonds. The molecule has 1 aliphatic heterocycles. The third-order valence-electron chi connectivity index (χ3n) is 6.22. The highest BCUT2D eigenvalue weighted by Crippen LogP contribution is 2.44. The summed E-state index contributed by atoms with van der Waals surface area (Å²) in [4.78, 5) is 37.7. The normalized spacial score (nSPS) is 16.5. The van der Waals surface area contributed by atoms with E-state index < -0.39 is 29.8 Å². The van der Waals surface area contributed by atoms with Gasteiger partial charge in [-0.2, -0.15) is 0 Å². The second-order valence-electron chi connectivity index (χ2n) is 8.27. The molecule has 1 heterocycles. The van der Waals surface area contributed by atoms with E-state index in [0.717, 1.165) is 28.3 Å². The van der Waals surface area contributed by atoms with Crippen molar-refractivity contribution in [2.45, 2.75) is 12.0 Å². The van der Waals surface area contributed by atoms with E-state index in [1.807, 2.05) is 48.5 Å². The Hall–Kier alpha value is -3.85. The van der Waals surface area contributed by atoms with Crippen molar-refractivity contribution in [3.8, 4) is 11.1 Å². The van der Waals surface area contributed by atoms with Crippen LogP contribution in [0, 0.1) is 5.82 Å². The zero-order chi connectivity index (χ0) is 24.5. The number of anilines is 1. The average molecular weight is 493 g/mol. The molecule has 7 nitrogen and oxygen atoms in total. The van der Waals surface area contributed by atoms with Gasteiger partial charge in [-0.15, -0.1) is 11.8 Å². The highest BCUT2D eigenvalue weighted by Gasteiger charge is 2.35. The Balaban J connectivity index is 1.25. The number of hydrogen-bond donors (Lipinski definition) is 2. The summed E-state index contributed by atoms with van der Waals surface area (Å²) in [6.45, 7) is 0.0846. The molecule has 0 spiro atoms. The van der Waals surface area contributed by atoms with Gasteiger partial charge < -0.3 is 14.7 Å². The molecule has 0 bridgehead atoms. The molecule has 3 aromatic carbocycles. The predicted molar refractivity (Wildman–Crippen MR) is 130 cm³/mol. The summed E-state index contributed by atoms with van der Waals surface area (Å²) >= 11 is 1.32. The van der Waals surface area contributed by atoms with Gasteiger partial charge in [-0.1, -0.05) is 48.5 Å². The SMILES string of the molecule is O=C(Nc1ccc(C(=O)N2CSC[C@H]2C(=O)O)cc1F)OCC1c2ccccc2-c2ccccc21. The van der Waals surface area contributed by atoms with Crippen LogP contribution in [0.25, 0.3) is 11.1 Å². The molecule has 0 unspecified atom stereocenters. The van der Waals surface area contributed by atoms with E-state index in [9.17, 15) is 23.9 Å². The molecular weight excluding hydrogens is 471 g/mol. The number of carboxylic acids is 1. The van der Waals surface area contributed by atoms with E-state index in [-0.39, 0.29) is 35.4 Å². The van der Waals surface area contributed by atoms with Crippen molar-refractivity contribution in [3.05, 3.63) is 89.2 Å². The number of halogens is 1. The maximum atomic E-state index is 14.7. The van der Waals surface area contributed by atoms with E-state index >= 15 is 0 Å². The molecule has 1 atom stereocenters. The lowest BCUT2D eigenvalue weighted by Crippen LogP contribution is -2.41. The van der Waals surface area contributed by atoms with Crippen LogP contribution < -0.4 is 5.32 Å². The topological polar surface area (TPSA) is 95.9 Å². The lowest BCUT2D eigenvalue weighted by molar-refractivity contribution is -0.140. The van der Waals surface area contributed by atoms with Crippen LogP contribution in [0.3, 0.4) is 0 Å². The lowest BCUT2D eigenvalue weighted by Gasteiger charge is -2.20. The maximum Gasteiger partial charge on any atom is 0.411 e. The van der Waals surface area contributed by atoms with Gasteiger partial charge in [-0.25, -0.2) is 14.0 Å². The smallest absolute Gasteiger partial charge is 0.411 e. The van der Waals surface area contributed by atoms with Gasteiger partial charge in [-0.3, -0.25) is 10.1 Å². The van der Waals surface area contributed by atoms with Gasteiger partial charge in [0.1, 0.15) is 18.5 Å². The molecule has 35 heavy (non-hydrogen) atoms. The van der Waals surface area contributed by atoms with E-state index in [0.29, 0.717) is 0 Å². The number of carboxylic acid groups (broad SMARTS) is 1. The van der Waals surface area contributed by atoms with Crippen LogP contribution in [0.1, 0.15) is 27.4 Å². The van der Waals surface area contributed by atoms with Crippen LogP contribution in [0.5, 0.6) is 0 Å². The van der Waals surface area contributed by atoms with Gasteiger partial charge in [0.05, 0.1) is 11.6 Å². The van der Waals surface area contributed by atoms with Gasteiger partial charge >= 0.3 is 12.1 Å². The van der Waals surface area contributed by atoms with E-state index in [1.54, 1.807) is 0 Å². The number of benzene rings is 3. The minimum absolute atomic E-state index is 0.00865. The number of aliphatic carboxylic acids is 1. The van der Waals surface area contributed by atoms with Crippen molar-refractivity contribution in [2.75, 3.05) is 23.6 Å². The number of carbonyl (C=O) groups excluding carboxylic acids is 2. The van der Waals surface area contributed by atoms with E-state index in [1.165, 1.54) is 28.8 Å². The number of carbonyl (C=O) groups is 3. The molecule has 3 aromatic rings. The van der Waals surface area contributed by atoms with Crippen LogP contribution in [0.2, 0.25) is 0 Å². The Kier molecular flexibility index (Phi) is 6.17. The number of fused-ring (bicyclic) bond motifs is 3. The van der Waals surface area contributed by atoms with Crippen LogP contribution in [0.4, 0.5) is 14.9 Å². The first kappa shape index (κ1) is 22.9. The van der Waals surface area contributed by atoms with Crippen LogP contribution in [0.15, 0.2) is 66.7 Å². The summed E-state index contributed by atoms with van der Waals surface area (Å²) in [6, 6.07) is 18.5. The molecule has 1 saturated heterocycles. The monoisotopic (exact) mass is 492 g/mol. The Morgan fingerprint density at radius 1 is 1.03 bits per heavy atom. The van der Waals surface area contributed by atoms with Crippen molar-refractivity contribution in [1.29, 1.82) is 0 Å². The largest absolute Gasteiger partial charge is 0.480 e. The lowest BCUT2D eigenvalue weighted by atomic mass is 9.98. The van der Waals surface area contributed by atoms with E-state index in [4.69, 9.17) is 4.74 Å². The standard InChI is InChI=1S/C26H21FN2O5S/c27-21-11-15(24(30)29-14-35-13-23(29)25(31)32)9-10-22(21)28-26(33)34-12-20-18-7-3-1-5-16(18)17-6-2-4-8-19(17)20/h1-11,20,23H,12-14H2,(H,28,33)(H,31,32)/t23-/m0/s1. The molecule has 5 rings (SSSR count). The second kappa shape index (κ2) is 9.42. The number of amides is 2. The summed E-state index contributed by atoms with van der Waals surface area (Å²) in [6.07, 6.45) is -0.813. The highest BCUT2D eigenvalue weighted by molar-refractivity contribution is 7.99. The first-order valence-electron chi connectivity index (χ1n) is 11.0. The summed E-state index contributed by atoms with van der Waals surface area (Å²) in [7, 11) is 0. The maximum absolute atomic E-state index is 14.7. The minimum Gasteiger partial charge on any atom is -0.480 e. The Bertz CT molecular complexity index is 1290.